The van der Waals surface area contributed by atoms with E-state index in [1.165, 1.54) is 4.90 Å². The second-order valence-corrected chi connectivity index (χ2v) is 21.0. The number of allylic oxidation sites excluding steroid dienone is 1. The van der Waals surface area contributed by atoms with Crippen LogP contribution >= 0.6 is 0 Å². The number of hydrogen-bond donors (Lipinski definition) is 3. The number of amides is 4. The molecule has 2 saturated carbocycles. The Morgan fingerprint density at radius 1 is 1.11 bits per heavy atom. The predicted octanol–water partition coefficient (Wildman–Crippen LogP) is 5.48. The van der Waals surface area contributed by atoms with Crippen LogP contribution in [0.4, 0.5) is 19.3 Å². The molecule has 18 heteroatoms. The van der Waals surface area contributed by atoms with Crippen LogP contribution in [0, 0.1) is 17.8 Å². The van der Waals surface area contributed by atoms with Gasteiger partial charge in [0, 0.05) is 43.1 Å². The lowest BCUT2D eigenvalue weighted by atomic mass is 9.81. The van der Waals surface area contributed by atoms with Gasteiger partial charge in [-0.15, -0.1) is 0 Å². The van der Waals surface area contributed by atoms with E-state index in [4.69, 9.17) is 14.5 Å². The number of rotatable bonds is 10. The number of fused-ring (bicyclic) bond motifs is 3. The van der Waals surface area contributed by atoms with Crippen LogP contribution in [-0.4, -0.2) is 125 Å². The van der Waals surface area contributed by atoms with Crippen LogP contribution in [0.1, 0.15) is 92.9 Å². The summed E-state index contributed by atoms with van der Waals surface area (Å²) in [6.45, 7) is 10.3. The quantitative estimate of drug-likeness (QED) is 0.257. The number of morpholine rings is 1. The first-order valence-electron chi connectivity index (χ1n) is 21.8. The van der Waals surface area contributed by atoms with E-state index in [9.17, 15) is 27.9 Å². The molecule has 7 atom stereocenters. The van der Waals surface area contributed by atoms with Gasteiger partial charge in [-0.1, -0.05) is 50.6 Å². The fraction of sp³-hybridized carbons (Fsp3) is 0.659. The van der Waals surface area contributed by atoms with Crippen molar-refractivity contribution in [3.05, 3.63) is 42.6 Å². The Labute approximate surface area is 362 Å². The number of carbonyl (C=O) groups excluding carboxylic acids is 3. The highest BCUT2D eigenvalue weighted by atomic mass is 32.2. The van der Waals surface area contributed by atoms with Gasteiger partial charge in [-0.3, -0.25) is 24.0 Å². The molecule has 15 nitrogen and oxygen atoms in total. The van der Waals surface area contributed by atoms with Crippen LogP contribution in [0.15, 0.2) is 42.6 Å². The largest absolute Gasteiger partial charge is 0.472 e. The predicted molar refractivity (Wildman–Crippen MR) is 227 cm³/mol. The molecular weight excluding hydrogens is 827 g/mol. The minimum atomic E-state index is -4.09. The van der Waals surface area contributed by atoms with E-state index in [0.29, 0.717) is 75.6 Å². The number of aromatic nitrogens is 1. The van der Waals surface area contributed by atoms with Crippen LogP contribution in [-0.2, 0) is 29.1 Å². The van der Waals surface area contributed by atoms with Crippen molar-refractivity contribution in [3.63, 3.8) is 0 Å². The van der Waals surface area contributed by atoms with Crippen molar-refractivity contribution in [1.82, 2.24) is 24.8 Å². The summed E-state index contributed by atoms with van der Waals surface area (Å²) in [4.78, 5) is 66.2. The van der Waals surface area contributed by atoms with Crippen molar-refractivity contribution in [2.75, 3.05) is 37.7 Å². The van der Waals surface area contributed by atoms with Crippen LogP contribution in [0.2, 0.25) is 0 Å². The first kappa shape index (κ1) is 45.4. The Bertz CT molecular complexity index is 2210. The average Bonchev–Trinajstić information content (AvgIpc) is 4.10. The molecule has 2 saturated heterocycles. The van der Waals surface area contributed by atoms with Crippen molar-refractivity contribution >= 4 is 50.3 Å². The second kappa shape index (κ2) is 16.8. The molecule has 2 aromatic rings. The summed E-state index contributed by atoms with van der Waals surface area (Å²) in [5.74, 6) is -7.27. The number of benzene rings is 1. The molecule has 4 fully saturated rings. The number of anilines is 1. The third-order valence-corrected chi connectivity index (χ3v) is 16.3. The average molecular weight is 887 g/mol. The summed E-state index contributed by atoms with van der Waals surface area (Å²) in [7, 11) is -4.09. The van der Waals surface area contributed by atoms with Gasteiger partial charge in [-0.05, 0) is 77.2 Å². The highest BCUT2D eigenvalue weighted by Gasteiger charge is 2.63. The smallest absolute Gasteiger partial charge is 0.408 e. The Morgan fingerprint density at radius 2 is 1.79 bits per heavy atom. The number of nitrogens with one attached hydrogen (secondary N) is 2. The number of hydrogen-bond acceptors (Lipinski definition) is 10. The minimum Gasteiger partial charge on any atom is -0.472 e. The number of halogens is 2. The van der Waals surface area contributed by atoms with Crippen LogP contribution in [0.3, 0.4) is 0 Å². The lowest BCUT2D eigenvalue weighted by Crippen LogP contribution is -2.67. The standard InChI is InChI=1S/C44H60F2N6O9S/c1-7-28-22-27(2)12-8-9-13-29-24-44(29,39(55)49-62(58,59)42(5)16-17-42)48-36(53)33-23-30(26-51(33)38(54)35(28)52(40(56)57)41(3,4)43(6,45)46)61-37-32-15-11-10-14-31(32)34(25-47-37)50-18-20-60-21-19-50/h9-11,13-15,25,27-30,33,35H,7-8,12,16-24,26H2,1-6H3,(H,48,53)(H,49,55)(H,56,57)/b13-9-/t27-,28-,29-,30-,33+,35+,44-/m1/s1. The Hall–Kier alpha value is -4.58. The SMILES string of the molecule is CC[C@@H]1C[C@H](C)CC/C=C\[C@@H]2C[C@@]2(C(=O)NS(=O)(=O)C2(C)CC2)NC(=O)[C@@H]2C[C@@H](Oc3ncc(N4CCOCC4)c4ccccc34)CN2C(=O)[C@H]1N(C(=O)O)C(C)(C)C(C)(F)F. The number of ether oxygens (including phenoxy) is 2. The summed E-state index contributed by atoms with van der Waals surface area (Å²) in [5.41, 5.74) is -3.15. The summed E-state index contributed by atoms with van der Waals surface area (Å²) < 4.78 is 70.9. The fourth-order valence-corrected chi connectivity index (χ4v) is 10.6. The maximum Gasteiger partial charge on any atom is 0.408 e. The summed E-state index contributed by atoms with van der Waals surface area (Å²) in [5, 5.41) is 15.1. The normalized spacial score (nSPS) is 29.9. The van der Waals surface area contributed by atoms with Crippen LogP contribution in [0.5, 0.6) is 5.88 Å². The molecule has 2 aliphatic carbocycles. The fourth-order valence-electron chi connectivity index (χ4n) is 9.31. The third kappa shape index (κ3) is 8.57. The molecule has 3 N–H and O–H groups in total. The molecular formula is C44H60F2N6O9S. The van der Waals surface area contributed by atoms with Gasteiger partial charge in [0.2, 0.25) is 27.7 Å². The van der Waals surface area contributed by atoms with E-state index in [2.05, 4.69) is 14.9 Å². The van der Waals surface area contributed by atoms with Gasteiger partial charge >= 0.3 is 6.09 Å². The molecule has 7 rings (SSSR count). The molecule has 0 radical (unpaired) electrons. The summed E-state index contributed by atoms with van der Waals surface area (Å²) >= 11 is 0. The Balaban J connectivity index is 1.30. The molecule has 4 heterocycles. The summed E-state index contributed by atoms with van der Waals surface area (Å²) in [6.07, 6.45) is 5.20. The van der Waals surface area contributed by atoms with E-state index in [1.54, 1.807) is 26.1 Å². The molecule has 3 aliphatic heterocycles. The molecule has 62 heavy (non-hydrogen) atoms. The van der Waals surface area contributed by atoms with E-state index >= 15 is 13.6 Å². The van der Waals surface area contributed by atoms with Crippen molar-refractivity contribution in [1.29, 1.82) is 0 Å². The van der Waals surface area contributed by atoms with Crippen molar-refractivity contribution in [3.8, 4) is 5.88 Å². The molecule has 340 valence electrons. The van der Waals surface area contributed by atoms with E-state index in [1.807, 2.05) is 37.3 Å². The van der Waals surface area contributed by atoms with Crippen molar-refractivity contribution in [2.45, 2.75) is 133 Å². The van der Waals surface area contributed by atoms with Gasteiger partial charge in [-0.2, -0.15) is 0 Å². The molecule has 0 unspecified atom stereocenters. The zero-order chi connectivity index (χ0) is 45.0. The maximum absolute atomic E-state index is 15.5. The van der Waals surface area contributed by atoms with Gasteiger partial charge in [-0.25, -0.2) is 27.0 Å². The third-order valence-electron chi connectivity index (χ3n) is 14.1. The minimum absolute atomic E-state index is 0.0902. The molecule has 5 aliphatic rings. The lowest BCUT2D eigenvalue weighted by molar-refractivity contribution is -0.157. The van der Waals surface area contributed by atoms with Gasteiger partial charge in [0.1, 0.15) is 29.3 Å². The van der Waals surface area contributed by atoms with Crippen LogP contribution in [0.25, 0.3) is 10.8 Å². The van der Waals surface area contributed by atoms with E-state index in [-0.39, 0.29) is 37.6 Å². The molecule has 0 bridgehead atoms. The second-order valence-electron chi connectivity index (χ2n) is 18.8. The molecule has 4 amide bonds. The first-order chi connectivity index (χ1) is 29.1. The monoisotopic (exact) mass is 886 g/mol. The van der Waals surface area contributed by atoms with Gasteiger partial charge in [0.25, 0.3) is 11.8 Å². The number of carboxylic acid groups (broad SMARTS) is 1. The topological polar surface area (TPSA) is 188 Å². The number of alkyl halides is 2. The zero-order valence-corrected chi connectivity index (χ0v) is 37.2. The Morgan fingerprint density at radius 3 is 2.42 bits per heavy atom. The van der Waals surface area contributed by atoms with Crippen LogP contribution < -0.4 is 19.7 Å². The highest BCUT2D eigenvalue weighted by molar-refractivity contribution is 7.91. The van der Waals surface area contributed by atoms with Gasteiger partial charge in [0.15, 0.2) is 0 Å². The molecule has 1 aromatic heterocycles. The van der Waals surface area contributed by atoms with Crippen molar-refractivity contribution < 1.29 is 51.0 Å². The Kier molecular flexibility index (Phi) is 12.3. The molecule has 0 spiro atoms. The number of sulfonamides is 1. The molecule has 1 aromatic carbocycles. The zero-order valence-electron chi connectivity index (χ0n) is 36.4. The maximum atomic E-state index is 15.5. The number of pyridine rings is 1. The van der Waals surface area contributed by atoms with Gasteiger partial charge in [0.05, 0.1) is 36.4 Å². The highest BCUT2D eigenvalue weighted by Crippen LogP contribution is 2.48. The number of carbonyl (C=O) groups is 4. The van der Waals surface area contributed by atoms with E-state index < -0.39 is 85.6 Å². The number of nitrogens with zero attached hydrogens (tertiary/aromatic N) is 4. The summed E-state index contributed by atoms with van der Waals surface area (Å²) in [6, 6.07) is 4.52. The lowest BCUT2D eigenvalue weighted by Gasteiger charge is -2.47. The van der Waals surface area contributed by atoms with Gasteiger partial charge < -0.3 is 29.7 Å². The first-order valence-corrected chi connectivity index (χ1v) is 23.3. The van der Waals surface area contributed by atoms with Crippen molar-refractivity contribution in [2.24, 2.45) is 17.8 Å². The van der Waals surface area contributed by atoms with E-state index in [0.717, 1.165) is 24.9 Å².